The Labute approximate surface area is 173 Å². The number of hydrogen-bond acceptors (Lipinski definition) is 6. The van der Waals surface area contributed by atoms with Crippen molar-refractivity contribution in [3.63, 3.8) is 0 Å². The normalized spacial score (nSPS) is 16.7. The summed E-state index contributed by atoms with van der Waals surface area (Å²) < 4.78 is 45.6. The second-order valence-corrected chi connectivity index (χ2v) is 8.28. The molecule has 0 saturated carbocycles. The molecule has 1 fully saturated rings. The molecule has 1 aromatic heterocycles. The first-order valence-electron chi connectivity index (χ1n) is 9.43. The molecule has 1 aromatic rings. The fourth-order valence-electron chi connectivity index (χ4n) is 2.75. The molecule has 0 aromatic carbocycles. The number of alkyl halides is 2. The molecule has 162 valence electrons. The van der Waals surface area contributed by atoms with Crippen LogP contribution in [0.3, 0.4) is 0 Å². The zero-order valence-electron chi connectivity index (χ0n) is 16.4. The van der Waals surface area contributed by atoms with Crippen LogP contribution in [-0.2, 0) is 4.79 Å². The third kappa shape index (κ3) is 9.05. The number of amides is 1. The number of rotatable bonds is 10. The second kappa shape index (κ2) is 11.4. The average Bonchev–Trinajstić information content (AvgIpc) is 2.69. The van der Waals surface area contributed by atoms with Gasteiger partial charge in [0.05, 0.1) is 12.9 Å². The van der Waals surface area contributed by atoms with Gasteiger partial charge in [-0.15, -0.1) is 0 Å². The van der Waals surface area contributed by atoms with Crippen LogP contribution < -0.4 is 15.8 Å². The van der Waals surface area contributed by atoms with Crippen LogP contribution in [0.4, 0.5) is 13.2 Å². The maximum absolute atomic E-state index is 12.8. The summed E-state index contributed by atoms with van der Waals surface area (Å²) in [5, 5.41) is 2.29. The fourth-order valence-corrected chi connectivity index (χ4v) is 3.67. The Bertz CT molecular complexity index is 675. The predicted molar refractivity (Wildman–Crippen MR) is 106 cm³/mol. The van der Waals surface area contributed by atoms with Crippen molar-refractivity contribution >= 4 is 17.9 Å². The van der Waals surface area contributed by atoms with E-state index >= 15 is 0 Å². The molecule has 2 heterocycles. The lowest BCUT2D eigenvalue weighted by molar-refractivity contribution is -0.123. The van der Waals surface area contributed by atoms with E-state index in [0.717, 1.165) is 37.8 Å². The van der Waals surface area contributed by atoms with Crippen LogP contribution in [-0.4, -0.2) is 53.9 Å². The lowest BCUT2D eigenvalue weighted by Crippen LogP contribution is -2.37. The van der Waals surface area contributed by atoms with Crippen LogP contribution in [0.25, 0.3) is 0 Å². The topological polar surface area (TPSA) is 80.5 Å². The monoisotopic (exact) mass is 432 g/mol. The molecular weight excluding hydrogens is 405 g/mol. The summed E-state index contributed by atoms with van der Waals surface area (Å²) in [6, 6.07) is 3.59. The van der Waals surface area contributed by atoms with Gasteiger partial charge in [0.1, 0.15) is 6.61 Å². The number of ether oxygens (including phenoxy) is 1. The quantitative estimate of drug-likeness (QED) is 0.553. The molecule has 3 N–H and O–H groups in total. The third-order valence-corrected chi connectivity index (χ3v) is 5.48. The van der Waals surface area contributed by atoms with Crippen molar-refractivity contribution in [2.45, 2.75) is 37.0 Å². The Kier molecular flexibility index (Phi) is 9.25. The molecule has 0 atom stereocenters. The highest BCUT2D eigenvalue weighted by molar-refractivity contribution is 7.97. The summed E-state index contributed by atoms with van der Waals surface area (Å²) in [7, 11) is 0. The predicted octanol–water partition coefficient (Wildman–Crippen LogP) is 3.15. The number of carbonyl (C=O) groups excluding carboxylic acids is 1. The van der Waals surface area contributed by atoms with Crippen LogP contribution in [0.5, 0.6) is 5.88 Å². The van der Waals surface area contributed by atoms with Crippen LogP contribution in [0.15, 0.2) is 35.1 Å². The molecular formula is C19H27F3N4O2S. The van der Waals surface area contributed by atoms with E-state index in [1.54, 1.807) is 24.2 Å². The van der Waals surface area contributed by atoms with Gasteiger partial charge in [-0.05, 0) is 36.8 Å². The molecule has 10 heteroatoms. The van der Waals surface area contributed by atoms with Crippen molar-refractivity contribution in [3.8, 4) is 5.88 Å². The zero-order valence-corrected chi connectivity index (χ0v) is 17.2. The number of pyridine rings is 1. The molecule has 0 bridgehead atoms. The van der Waals surface area contributed by atoms with Gasteiger partial charge >= 0.3 is 0 Å². The molecule has 0 radical (unpaired) electrons. The SMILES string of the molecule is CC(F)(F)CNC(=O)CC1CCN(Sc2ccc(OC/C(=C/F)CN)nc2)CC1. The van der Waals surface area contributed by atoms with Gasteiger partial charge in [0.15, 0.2) is 0 Å². The van der Waals surface area contributed by atoms with Gasteiger partial charge in [0.25, 0.3) is 5.92 Å². The molecule has 2 rings (SSSR count). The van der Waals surface area contributed by atoms with Crippen molar-refractivity contribution < 1.29 is 22.7 Å². The standard InChI is InChI=1S/C19H27F3N4O2S/c1-19(21,22)13-25-17(27)8-14-4-6-26(7-5-14)29-16-2-3-18(24-11-16)28-12-15(9-20)10-23/h2-3,9,11,14H,4-8,10,12-13,23H2,1H3,(H,25,27)/b15-9+. The first-order chi connectivity index (χ1) is 13.8. The van der Waals surface area contributed by atoms with Crippen LogP contribution in [0.1, 0.15) is 26.2 Å². The minimum atomic E-state index is -2.89. The smallest absolute Gasteiger partial charge is 0.262 e. The summed E-state index contributed by atoms with van der Waals surface area (Å²) in [6.07, 6.45) is 4.06. The summed E-state index contributed by atoms with van der Waals surface area (Å²) in [5.74, 6) is -2.62. The summed E-state index contributed by atoms with van der Waals surface area (Å²) >= 11 is 1.57. The maximum Gasteiger partial charge on any atom is 0.262 e. The second-order valence-electron chi connectivity index (χ2n) is 7.11. The molecule has 0 spiro atoms. The molecule has 6 nitrogen and oxygen atoms in total. The van der Waals surface area contributed by atoms with E-state index < -0.39 is 12.5 Å². The minimum absolute atomic E-state index is 0.0590. The number of halogens is 3. The van der Waals surface area contributed by atoms with Gasteiger partial charge < -0.3 is 15.8 Å². The van der Waals surface area contributed by atoms with Crippen LogP contribution in [0, 0.1) is 5.92 Å². The van der Waals surface area contributed by atoms with Crippen molar-refractivity contribution in [1.82, 2.24) is 14.6 Å². The summed E-state index contributed by atoms with van der Waals surface area (Å²) in [4.78, 5) is 16.9. The first kappa shape index (κ1) is 23.5. The van der Waals surface area contributed by atoms with E-state index in [9.17, 15) is 18.0 Å². The number of nitrogens with zero attached hydrogens (tertiary/aromatic N) is 2. The molecule has 29 heavy (non-hydrogen) atoms. The largest absolute Gasteiger partial charge is 0.473 e. The van der Waals surface area contributed by atoms with Gasteiger partial charge in [-0.3, -0.25) is 4.79 Å². The third-order valence-electron chi connectivity index (χ3n) is 4.41. The van der Waals surface area contributed by atoms with E-state index in [1.807, 2.05) is 6.07 Å². The lowest BCUT2D eigenvalue weighted by atomic mass is 9.94. The number of nitrogens with two attached hydrogens (primary N) is 1. The Morgan fingerprint density at radius 2 is 2.17 bits per heavy atom. The Hall–Kier alpha value is -1.78. The number of carbonyl (C=O) groups is 1. The van der Waals surface area contributed by atoms with Crippen molar-refractivity contribution in [1.29, 1.82) is 0 Å². The highest BCUT2D eigenvalue weighted by Gasteiger charge is 2.25. The van der Waals surface area contributed by atoms with Gasteiger partial charge in [-0.25, -0.2) is 22.5 Å². The number of piperidine rings is 1. The summed E-state index contributed by atoms with van der Waals surface area (Å²) in [6.45, 7) is 1.91. The molecule has 0 aliphatic carbocycles. The molecule has 0 unspecified atom stereocenters. The van der Waals surface area contributed by atoms with E-state index in [4.69, 9.17) is 10.5 Å². The van der Waals surface area contributed by atoms with E-state index in [1.165, 1.54) is 0 Å². The first-order valence-corrected chi connectivity index (χ1v) is 10.2. The minimum Gasteiger partial charge on any atom is -0.473 e. The number of aromatic nitrogens is 1. The zero-order chi connectivity index (χ0) is 21.3. The average molecular weight is 433 g/mol. The van der Waals surface area contributed by atoms with Crippen molar-refractivity contribution in [2.75, 3.05) is 32.8 Å². The molecule has 1 amide bonds. The van der Waals surface area contributed by atoms with Crippen LogP contribution >= 0.6 is 11.9 Å². The van der Waals surface area contributed by atoms with Crippen molar-refractivity contribution in [3.05, 3.63) is 30.2 Å². The van der Waals surface area contributed by atoms with E-state index in [2.05, 4.69) is 14.6 Å². The lowest BCUT2D eigenvalue weighted by Gasteiger charge is -2.30. The van der Waals surface area contributed by atoms with E-state index in [0.29, 0.717) is 17.8 Å². The fraction of sp³-hybridized carbons (Fsp3) is 0.579. The molecule has 1 aliphatic rings. The van der Waals surface area contributed by atoms with Gasteiger partial charge in [0.2, 0.25) is 11.8 Å². The van der Waals surface area contributed by atoms with Gasteiger partial charge in [-0.2, -0.15) is 0 Å². The van der Waals surface area contributed by atoms with Gasteiger partial charge in [0, 0.05) is 55.7 Å². The number of hydrogen-bond donors (Lipinski definition) is 2. The van der Waals surface area contributed by atoms with Crippen LogP contribution in [0.2, 0.25) is 0 Å². The van der Waals surface area contributed by atoms with Gasteiger partial charge in [-0.1, -0.05) is 0 Å². The molecule has 1 aliphatic heterocycles. The summed E-state index contributed by atoms with van der Waals surface area (Å²) in [5.41, 5.74) is 5.73. The highest BCUT2D eigenvalue weighted by Crippen LogP contribution is 2.29. The Morgan fingerprint density at radius 3 is 2.72 bits per heavy atom. The highest BCUT2D eigenvalue weighted by atomic mass is 32.2. The Morgan fingerprint density at radius 1 is 1.45 bits per heavy atom. The van der Waals surface area contributed by atoms with E-state index in [-0.39, 0.29) is 31.4 Å². The molecule has 1 saturated heterocycles. The number of nitrogens with one attached hydrogen (secondary N) is 1. The Balaban J connectivity index is 1.70. The van der Waals surface area contributed by atoms with Crippen molar-refractivity contribution in [2.24, 2.45) is 11.7 Å². The maximum atomic E-state index is 12.8.